The zero-order valence-electron chi connectivity index (χ0n) is 14.2. The maximum atomic E-state index is 11.3. The first-order chi connectivity index (χ1) is 12.5. The number of carbonyl (C=O) groups excluding carboxylic acids is 1. The molecule has 7 heteroatoms. The fourth-order valence-corrected chi connectivity index (χ4v) is 2.58. The lowest BCUT2D eigenvalue weighted by Crippen LogP contribution is -2.08. The average molecular weight is 368 g/mol. The molecule has 3 aromatic rings. The number of nitrogens with one attached hydrogen (secondary N) is 2. The lowest BCUT2D eigenvalue weighted by atomic mass is 10.1. The Morgan fingerprint density at radius 1 is 1.08 bits per heavy atom. The Labute approximate surface area is 156 Å². The maximum Gasteiger partial charge on any atom is 0.159 e. The zero-order chi connectivity index (χ0) is 18.5. The molecule has 1 heterocycles. The van der Waals surface area contributed by atoms with Crippen molar-refractivity contribution in [1.82, 2.24) is 9.97 Å². The summed E-state index contributed by atoms with van der Waals surface area (Å²) in [4.78, 5) is 19.7. The molecule has 0 unspecified atom stereocenters. The van der Waals surface area contributed by atoms with Gasteiger partial charge >= 0.3 is 0 Å². The van der Waals surface area contributed by atoms with Crippen molar-refractivity contribution in [3.63, 3.8) is 0 Å². The van der Waals surface area contributed by atoms with Gasteiger partial charge in [0.1, 0.15) is 12.0 Å². The SMILES string of the molecule is CC(=O)c1ccc(Nc2ncnc(NCc3ccccc3Cl)c2N)cc1. The van der Waals surface area contributed by atoms with Crippen LogP contribution in [0.5, 0.6) is 0 Å². The number of aromatic nitrogens is 2. The topological polar surface area (TPSA) is 92.9 Å². The molecule has 1 aromatic heterocycles. The van der Waals surface area contributed by atoms with Crippen molar-refractivity contribution in [3.05, 3.63) is 71.0 Å². The Morgan fingerprint density at radius 2 is 1.77 bits per heavy atom. The highest BCUT2D eigenvalue weighted by molar-refractivity contribution is 6.31. The van der Waals surface area contributed by atoms with Crippen LogP contribution in [0.15, 0.2) is 54.9 Å². The van der Waals surface area contributed by atoms with Gasteiger partial charge in [0, 0.05) is 22.8 Å². The summed E-state index contributed by atoms with van der Waals surface area (Å²) in [5.74, 6) is 1.02. The standard InChI is InChI=1S/C19H18ClN5O/c1-12(26)13-6-8-15(9-7-13)25-19-17(21)18(23-11-24-19)22-10-14-4-2-3-5-16(14)20/h2-9,11H,10,21H2,1H3,(H2,22,23,24,25). The van der Waals surface area contributed by atoms with Crippen LogP contribution in [0.3, 0.4) is 0 Å². The van der Waals surface area contributed by atoms with Gasteiger partial charge in [-0.15, -0.1) is 0 Å². The summed E-state index contributed by atoms with van der Waals surface area (Å²) in [7, 11) is 0. The Kier molecular flexibility index (Phi) is 5.34. The fourth-order valence-electron chi connectivity index (χ4n) is 2.38. The third kappa shape index (κ3) is 4.10. The molecule has 0 aliphatic rings. The van der Waals surface area contributed by atoms with E-state index in [2.05, 4.69) is 20.6 Å². The van der Waals surface area contributed by atoms with E-state index in [1.165, 1.54) is 13.3 Å². The molecule has 6 nitrogen and oxygen atoms in total. The van der Waals surface area contributed by atoms with Gasteiger partial charge in [-0.2, -0.15) is 0 Å². The van der Waals surface area contributed by atoms with E-state index in [1.54, 1.807) is 24.3 Å². The molecule has 0 saturated heterocycles. The maximum absolute atomic E-state index is 11.3. The van der Waals surface area contributed by atoms with Gasteiger partial charge in [0.2, 0.25) is 0 Å². The first-order valence-electron chi connectivity index (χ1n) is 8.00. The van der Waals surface area contributed by atoms with E-state index < -0.39 is 0 Å². The van der Waals surface area contributed by atoms with Crippen LogP contribution in [0.4, 0.5) is 23.0 Å². The number of nitrogens with two attached hydrogens (primary N) is 1. The van der Waals surface area contributed by atoms with Crippen molar-refractivity contribution in [1.29, 1.82) is 0 Å². The Hall–Kier alpha value is -3.12. The number of benzene rings is 2. The number of halogens is 1. The molecule has 0 aliphatic heterocycles. The third-order valence-electron chi connectivity index (χ3n) is 3.84. The predicted molar refractivity (Wildman–Crippen MR) is 105 cm³/mol. The average Bonchev–Trinajstić information content (AvgIpc) is 2.64. The van der Waals surface area contributed by atoms with E-state index in [9.17, 15) is 4.79 Å². The normalized spacial score (nSPS) is 10.4. The number of rotatable bonds is 6. The third-order valence-corrected chi connectivity index (χ3v) is 4.21. The number of carbonyl (C=O) groups is 1. The van der Waals surface area contributed by atoms with E-state index in [1.807, 2.05) is 24.3 Å². The van der Waals surface area contributed by atoms with E-state index in [-0.39, 0.29) is 5.78 Å². The van der Waals surface area contributed by atoms with Crippen molar-refractivity contribution in [3.8, 4) is 0 Å². The van der Waals surface area contributed by atoms with Gasteiger partial charge in [-0.05, 0) is 42.8 Å². The summed E-state index contributed by atoms with van der Waals surface area (Å²) < 4.78 is 0. The highest BCUT2D eigenvalue weighted by Gasteiger charge is 2.09. The van der Waals surface area contributed by atoms with Crippen molar-refractivity contribution < 1.29 is 4.79 Å². The molecule has 2 aromatic carbocycles. The number of Topliss-reactive ketones (excluding diaryl/α,β-unsaturated/α-hetero) is 1. The number of anilines is 4. The largest absolute Gasteiger partial charge is 0.393 e. The van der Waals surface area contributed by atoms with Gasteiger partial charge in [-0.1, -0.05) is 29.8 Å². The Balaban J connectivity index is 1.74. The van der Waals surface area contributed by atoms with Crippen molar-refractivity contribution in [2.45, 2.75) is 13.5 Å². The summed E-state index contributed by atoms with van der Waals surface area (Å²) in [5, 5.41) is 6.99. The predicted octanol–water partition coefficient (Wildman–Crippen LogP) is 4.27. The number of hydrogen-bond acceptors (Lipinski definition) is 6. The van der Waals surface area contributed by atoms with Crippen molar-refractivity contribution in [2.75, 3.05) is 16.4 Å². The van der Waals surface area contributed by atoms with E-state index in [4.69, 9.17) is 17.3 Å². The summed E-state index contributed by atoms with van der Waals surface area (Å²) in [6, 6.07) is 14.7. The minimum absolute atomic E-state index is 0.0177. The summed E-state index contributed by atoms with van der Waals surface area (Å²) in [5.41, 5.74) is 8.94. The fraction of sp³-hybridized carbons (Fsp3) is 0.105. The lowest BCUT2D eigenvalue weighted by molar-refractivity contribution is 0.101. The van der Waals surface area contributed by atoms with Crippen LogP contribution >= 0.6 is 11.6 Å². The van der Waals surface area contributed by atoms with Crippen LogP contribution in [-0.2, 0) is 6.54 Å². The lowest BCUT2D eigenvalue weighted by Gasteiger charge is -2.13. The molecule has 0 aliphatic carbocycles. The molecule has 0 spiro atoms. The summed E-state index contributed by atoms with van der Waals surface area (Å²) in [6.07, 6.45) is 1.43. The van der Waals surface area contributed by atoms with E-state index in [0.717, 1.165) is 11.3 Å². The highest BCUT2D eigenvalue weighted by Crippen LogP contribution is 2.27. The van der Waals surface area contributed by atoms with Gasteiger partial charge < -0.3 is 16.4 Å². The summed E-state index contributed by atoms with van der Waals surface area (Å²) in [6.45, 7) is 2.02. The minimum atomic E-state index is 0.0177. The minimum Gasteiger partial charge on any atom is -0.393 e. The number of nitrogens with zero attached hydrogens (tertiary/aromatic N) is 2. The molecule has 26 heavy (non-hydrogen) atoms. The number of hydrogen-bond donors (Lipinski definition) is 3. The second kappa shape index (κ2) is 7.84. The quantitative estimate of drug-likeness (QED) is 0.563. The van der Waals surface area contributed by atoms with Gasteiger partial charge in [0.15, 0.2) is 17.4 Å². The van der Waals surface area contributed by atoms with Crippen LogP contribution in [0.2, 0.25) is 5.02 Å². The van der Waals surface area contributed by atoms with Gasteiger partial charge in [0.25, 0.3) is 0 Å². The van der Waals surface area contributed by atoms with E-state index >= 15 is 0 Å². The van der Waals surface area contributed by atoms with Crippen molar-refractivity contribution >= 4 is 40.4 Å². The van der Waals surface area contributed by atoms with Crippen LogP contribution in [-0.4, -0.2) is 15.8 Å². The first kappa shape index (κ1) is 17.7. The molecule has 3 rings (SSSR count). The van der Waals surface area contributed by atoms with Gasteiger partial charge in [-0.3, -0.25) is 4.79 Å². The molecular weight excluding hydrogens is 350 g/mol. The molecule has 0 saturated carbocycles. The van der Waals surface area contributed by atoms with Crippen LogP contribution in [0.1, 0.15) is 22.8 Å². The Bertz CT molecular complexity index is 927. The zero-order valence-corrected chi connectivity index (χ0v) is 14.9. The molecule has 4 N–H and O–H groups in total. The number of ketones is 1. The Morgan fingerprint density at radius 3 is 2.46 bits per heavy atom. The van der Waals surface area contributed by atoms with Gasteiger partial charge in [0.05, 0.1) is 0 Å². The van der Waals surface area contributed by atoms with Crippen molar-refractivity contribution in [2.24, 2.45) is 0 Å². The summed E-state index contributed by atoms with van der Waals surface area (Å²) >= 11 is 6.16. The first-order valence-corrected chi connectivity index (χ1v) is 8.38. The van der Waals surface area contributed by atoms with E-state index in [0.29, 0.717) is 34.5 Å². The number of nitrogen functional groups attached to an aromatic ring is 1. The second-order valence-corrected chi connectivity index (χ2v) is 6.10. The second-order valence-electron chi connectivity index (χ2n) is 5.69. The van der Waals surface area contributed by atoms with Gasteiger partial charge in [-0.25, -0.2) is 9.97 Å². The van der Waals surface area contributed by atoms with Crippen LogP contribution < -0.4 is 16.4 Å². The monoisotopic (exact) mass is 367 g/mol. The van der Waals surface area contributed by atoms with Crippen LogP contribution in [0, 0.1) is 0 Å². The molecule has 0 amide bonds. The molecule has 0 radical (unpaired) electrons. The molecule has 0 bridgehead atoms. The highest BCUT2D eigenvalue weighted by atomic mass is 35.5. The molecular formula is C19H18ClN5O. The molecule has 0 atom stereocenters. The smallest absolute Gasteiger partial charge is 0.159 e. The molecule has 132 valence electrons. The van der Waals surface area contributed by atoms with Crippen LogP contribution in [0.25, 0.3) is 0 Å². The molecule has 0 fully saturated rings.